The number of hydrogen-bond donors (Lipinski definition) is 0. The lowest BCUT2D eigenvalue weighted by atomic mass is 9.94. The van der Waals surface area contributed by atoms with Crippen LogP contribution >= 0.6 is 0 Å². The molecule has 0 radical (unpaired) electrons. The molecule has 1 aromatic carbocycles. The maximum atomic E-state index is 5.66. The fourth-order valence-corrected chi connectivity index (χ4v) is 1.95. The molecular formula is C13H16O2. The van der Waals surface area contributed by atoms with Crippen LogP contribution in [0.5, 0.6) is 0 Å². The largest absolute Gasteiger partial charge is 0.499 e. The van der Waals surface area contributed by atoms with Gasteiger partial charge in [0.15, 0.2) is 0 Å². The summed E-state index contributed by atoms with van der Waals surface area (Å²) in [6, 6.07) is 10.4. The zero-order valence-electron chi connectivity index (χ0n) is 9.14. The molecule has 0 saturated heterocycles. The molecule has 0 spiro atoms. The summed E-state index contributed by atoms with van der Waals surface area (Å²) in [5.41, 5.74) is 1.28. The number of rotatable bonds is 3. The molecular weight excluding hydrogens is 188 g/mol. The number of ether oxygens (including phenoxy) is 2. The van der Waals surface area contributed by atoms with Crippen molar-refractivity contribution in [1.82, 2.24) is 0 Å². The van der Waals surface area contributed by atoms with Crippen LogP contribution in [0.15, 0.2) is 42.2 Å². The average molecular weight is 204 g/mol. The molecule has 2 rings (SSSR count). The molecule has 2 heteroatoms. The van der Waals surface area contributed by atoms with Crippen molar-refractivity contribution in [2.24, 2.45) is 0 Å². The van der Waals surface area contributed by atoms with E-state index in [2.05, 4.69) is 31.2 Å². The summed E-state index contributed by atoms with van der Waals surface area (Å²) in [5, 5.41) is 0. The molecule has 0 saturated carbocycles. The van der Waals surface area contributed by atoms with Gasteiger partial charge in [-0.25, -0.2) is 0 Å². The fourth-order valence-electron chi connectivity index (χ4n) is 1.95. The summed E-state index contributed by atoms with van der Waals surface area (Å²) in [5.74, 6) is 1.28. The van der Waals surface area contributed by atoms with Crippen LogP contribution in [0.2, 0.25) is 0 Å². The van der Waals surface area contributed by atoms with Gasteiger partial charge in [0, 0.05) is 5.92 Å². The Balaban J connectivity index is 2.15. The molecule has 0 N–H and O–H groups in total. The van der Waals surface area contributed by atoms with E-state index < -0.39 is 0 Å². The maximum absolute atomic E-state index is 5.66. The first kappa shape index (κ1) is 10.2. The van der Waals surface area contributed by atoms with Crippen LogP contribution in [0.3, 0.4) is 0 Å². The Kier molecular flexibility index (Phi) is 3.07. The minimum Gasteiger partial charge on any atom is -0.499 e. The van der Waals surface area contributed by atoms with Gasteiger partial charge in [-0.2, -0.15) is 0 Å². The zero-order valence-corrected chi connectivity index (χ0v) is 9.14. The van der Waals surface area contributed by atoms with Crippen LogP contribution in [0, 0.1) is 0 Å². The SMILES string of the molecule is COC1=CCO[C@@H]1[C@@H](C)c1ccccc1. The summed E-state index contributed by atoms with van der Waals surface area (Å²) in [7, 11) is 1.70. The van der Waals surface area contributed by atoms with E-state index in [0.29, 0.717) is 12.5 Å². The lowest BCUT2D eigenvalue weighted by Gasteiger charge is -2.21. The predicted molar refractivity (Wildman–Crippen MR) is 59.7 cm³/mol. The van der Waals surface area contributed by atoms with E-state index in [1.807, 2.05) is 12.1 Å². The highest BCUT2D eigenvalue weighted by molar-refractivity contribution is 5.24. The third-order valence-electron chi connectivity index (χ3n) is 2.86. The molecule has 15 heavy (non-hydrogen) atoms. The van der Waals surface area contributed by atoms with Gasteiger partial charge in [-0.15, -0.1) is 0 Å². The van der Waals surface area contributed by atoms with Gasteiger partial charge in [-0.3, -0.25) is 0 Å². The Morgan fingerprint density at radius 3 is 2.73 bits per heavy atom. The van der Waals surface area contributed by atoms with Crippen LogP contribution in [0.1, 0.15) is 18.4 Å². The topological polar surface area (TPSA) is 18.5 Å². The second kappa shape index (κ2) is 4.49. The highest BCUT2D eigenvalue weighted by atomic mass is 16.5. The molecule has 0 unspecified atom stereocenters. The molecule has 1 aliphatic rings. The fraction of sp³-hybridized carbons (Fsp3) is 0.385. The molecule has 0 aliphatic carbocycles. The van der Waals surface area contributed by atoms with Crippen molar-refractivity contribution in [2.75, 3.05) is 13.7 Å². The van der Waals surface area contributed by atoms with Crippen molar-refractivity contribution in [1.29, 1.82) is 0 Å². The Labute approximate surface area is 90.5 Å². The van der Waals surface area contributed by atoms with Crippen molar-refractivity contribution in [3.63, 3.8) is 0 Å². The van der Waals surface area contributed by atoms with Crippen molar-refractivity contribution >= 4 is 0 Å². The average Bonchev–Trinajstić information content (AvgIpc) is 2.77. The highest BCUT2D eigenvalue weighted by Gasteiger charge is 2.27. The summed E-state index contributed by atoms with van der Waals surface area (Å²) < 4.78 is 11.0. The Hall–Kier alpha value is -1.28. The minimum absolute atomic E-state index is 0.0670. The van der Waals surface area contributed by atoms with E-state index >= 15 is 0 Å². The standard InChI is InChI=1S/C13H16O2/c1-10(11-6-4-3-5-7-11)13-12(14-2)8-9-15-13/h3-8,10,13H,9H2,1-2H3/t10-,13+/m0/s1. The smallest absolute Gasteiger partial charge is 0.123 e. The van der Waals surface area contributed by atoms with Crippen molar-refractivity contribution in [3.8, 4) is 0 Å². The molecule has 80 valence electrons. The lowest BCUT2D eigenvalue weighted by Crippen LogP contribution is -2.19. The molecule has 2 atom stereocenters. The first-order chi connectivity index (χ1) is 7.33. The molecule has 0 fully saturated rings. The van der Waals surface area contributed by atoms with E-state index in [4.69, 9.17) is 9.47 Å². The van der Waals surface area contributed by atoms with Gasteiger partial charge in [0.25, 0.3) is 0 Å². The van der Waals surface area contributed by atoms with Crippen molar-refractivity contribution in [2.45, 2.75) is 18.9 Å². The number of benzene rings is 1. The van der Waals surface area contributed by atoms with Gasteiger partial charge < -0.3 is 9.47 Å². The normalized spacial score (nSPS) is 22.3. The Morgan fingerprint density at radius 1 is 1.33 bits per heavy atom. The second-order valence-electron chi connectivity index (χ2n) is 3.76. The van der Waals surface area contributed by atoms with Crippen molar-refractivity contribution in [3.05, 3.63) is 47.7 Å². The molecule has 0 bridgehead atoms. The third-order valence-corrected chi connectivity index (χ3v) is 2.86. The lowest BCUT2D eigenvalue weighted by molar-refractivity contribution is 0.0692. The monoisotopic (exact) mass is 204 g/mol. The van der Waals surface area contributed by atoms with Gasteiger partial charge in [0.2, 0.25) is 0 Å². The molecule has 0 amide bonds. The highest BCUT2D eigenvalue weighted by Crippen LogP contribution is 2.29. The number of hydrogen-bond acceptors (Lipinski definition) is 2. The summed E-state index contributed by atoms with van der Waals surface area (Å²) >= 11 is 0. The summed E-state index contributed by atoms with van der Waals surface area (Å²) in [4.78, 5) is 0. The molecule has 0 aromatic heterocycles. The van der Waals surface area contributed by atoms with Crippen LogP contribution in [0.25, 0.3) is 0 Å². The molecule has 2 nitrogen and oxygen atoms in total. The molecule has 1 aromatic rings. The van der Waals surface area contributed by atoms with Gasteiger partial charge in [-0.1, -0.05) is 37.3 Å². The van der Waals surface area contributed by atoms with Crippen LogP contribution in [-0.4, -0.2) is 19.8 Å². The summed E-state index contributed by atoms with van der Waals surface area (Å²) in [6.07, 6.45) is 2.07. The Morgan fingerprint density at radius 2 is 2.07 bits per heavy atom. The minimum atomic E-state index is 0.0670. The molecule has 1 heterocycles. The van der Waals surface area contributed by atoms with Crippen LogP contribution in [0.4, 0.5) is 0 Å². The summed E-state index contributed by atoms with van der Waals surface area (Å²) in [6.45, 7) is 2.82. The van der Waals surface area contributed by atoms with Crippen molar-refractivity contribution < 1.29 is 9.47 Å². The van der Waals surface area contributed by atoms with E-state index in [1.165, 1.54) is 5.56 Å². The van der Waals surface area contributed by atoms with Crippen LogP contribution < -0.4 is 0 Å². The maximum Gasteiger partial charge on any atom is 0.123 e. The third kappa shape index (κ3) is 2.05. The van der Waals surface area contributed by atoms with Gasteiger partial charge in [-0.05, 0) is 11.6 Å². The second-order valence-corrected chi connectivity index (χ2v) is 3.76. The quantitative estimate of drug-likeness (QED) is 0.753. The predicted octanol–water partition coefficient (Wildman–Crippen LogP) is 2.72. The van der Waals surface area contributed by atoms with Crippen LogP contribution in [-0.2, 0) is 9.47 Å². The first-order valence-corrected chi connectivity index (χ1v) is 5.23. The van der Waals surface area contributed by atoms with E-state index in [0.717, 1.165) is 5.76 Å². The first-order valence-electron chi connectivity index (χ1n) is 5.23. The van der Waals surface area contributed by atoms with E-state index in [-0.39, 0.29) is 6.10 Å². The number of methoxy groups -OCH3 is 1. The zero-order chi connectivity index (χ0) is 10.7. The van der Waals surface area contributed by atoms with Gasteiger partial charge in [0.05, 0.1) is 13.7 Å². The van der Waals surface area contributed by atoms with Gasteiger partial charge in [0.1, 0.15) is 11.9 Å². The van der Waals surface area contributed by atoms with E-state index in [9.17, 15) is 0 Å². The molecule has 1 aliphatic heterocycles. The Bertz CT molecular complexity index is 343. The van der Waals surface area contributed by atoms with E-state index in [1.54, 1.807) is 7.11 Å². The van der Waals surface area contributed by atoms with Gasteiger partial charge >= 0.3 is 0 Å².